The van der Waals surface area contributed by atoms with Crippen LogP contribution in [0, 0.1) is 6.92 Å². The van der Waals surface area contributed by atoms with Crippen molar-refractivity contribution >= 4 is 5.69 Å². The van der Waals surface area contributed by atoms with Crippen LogP contribution in [0.4, 0.5) is 5.69 Å². The molecule has 0 unspecified atom stereocenters. The van der Waals surface area contributed by atoms with Crippen LogP contribution in [-0.2, 0) is 0 Å². The van der Waals surface area contributed by atoms with Crippen LogP contribution in [0.25, 0.3) is 0 Å². The molecular weight excluding hydrogens is 274 g/mol. The van der Waals surface area contributed by atoms with Gasteiger partial charge < -0.3 is 14.5 Å². The van der Waals surface area contributed by atoms with E-state index in [2.05, 4.69) is 46.9 Å². The van der Waals surface area contributed by atoms with Crippen LogP contribution in [0.3, 0.4) is 0 Å². The lowest BCUT2D eigenvalue weighted by molar-refractivity contribution is 0.0982. The van der Waals surface area contributed by atoms with Gasteiger partial charge in [-0.2, -0.15) is 0 Å². The summed E-state index contributed by atoms with van der Waals surface area (Å²) in [5.74, 6) is 0.982. The first kappa shape index (κ1) is 15.6. The predicted octanol–water partition coefficient (Wildman–Crippen LogP) is 2.22. The molecule has 122 valence electrons. The zero-order valence-electron chi connectivity index (χ0n) is 14.2. The van der Waals surface area contributed by atoms with Crippen LogP contribution < -0.4 is 9.64 Å². The Morgan fingerprint density at radius 1 is 1.00 bits per heavy atom. The van der Waals surface area contributed by atoms with Crippen molar-refractivity contribution in [1.82, 2.24) is 9.80 Å². The molecule has 2 heterocycles. The minimum atomic E-state index is 0.782. The summed E-state index contributed by atoms with van der Waals surface area (Å²) in [5.41, 5.74) is 2.57. The summed E-state index contributed by atoms with van der Waals surface area (Å²) in [7, 11) is 3.97. The van der Waals surface area contributed by atoms with E-state index in [0.29, 0.717) is 0 Å². The summed E-state index contributed by atoms with van der Waals surface area (Å²) >= 11 is 0. The molecule has 0 bridgehead atoms. The number of likely N-dealkylation sites (N-methyl/N-ethyl adjacent to an activating group) is 1. The summed E-state index contributed by atoms with van der Waals surface area (Å²) in [6, 6.07) is 7.33. The molecule has 4 nitrogen and oxygen atoms in total. The van der Waals surface area contributed by atoms with Crippen molar-refractivity contribution in [3.8, 4) is 5.75 Å². The highest BCUT2D eigenvalue weighted by Crippen LogP contribution is 2.27. The second kappa shape index (κ2) is 6.88. The van der Waals surface area contributed by atoms with Crippen molar-refractivity contribution < 1.29 is 4.74 Å². The summed E-state index contributed by atoms with van der Waals surface area (Å²) in [6.07, 6.45) is 2.57. The first-order chi connectivity index (χ1) is 10.7. The fraction of sp³-hybridized carbons (Fsp3) is 0.667. The van der Waals surface area contributed by atoms with Crippen molar-refractivity contribution in [2.24, 2.45) is 0 Å². The van der Waals surface area contributed by atoms with Crippen LogP contribution in [0.1, 0.15) is 18.4 Å². The number of methoxy groups -OCH3 is 1. The summed E-state index contributed by atoms with van der Waals surface area (Å²) in [5, 5.41) is 0. The highest BCUT2D eigenvalue weighted by molar-refractivity contribution is 5.53. The lowest BCUT2D eigenvalue weighted by atomic mass is 10.0. The lowest BCUT2D eigenvalue weighted by Crippen LogP contribution is -2.52. The van der Waals surface area contributed by atoms with Crippen molar-refractivity contribution in [2.45, 2.75) is 25.8 Å². The topological polar surface area (TPSA) is 19.0 Å². The lowest BCUT2D eigenvalue weighted by Gasteiger charge is -2.42. The molecule has 0 amide bonds. The molecule has 0 saturated carbocycles. The zero-order valence-corrected chi connectivity index (χ0v) is 14.2. The first-order valence-electron chi connectivity index (χ1n) is 8.49. The number of piperidine rings is 1. The Morgan fingerprint density at radius 2 is 1.68 bits per heavy atom. The van der Waals surface area contributed by atoms with Crippen molar-refractivity contribution in [2.75, 3.05) is 58.3 Å². The average Bonchev–Trinajstić information content (AvgIpc) is 2.56. The fourth-order valence-corrected chi connectivity index (χ4v) is 3.74. The standard InChI is InChI=1S/C18H29N3O/c1-15-14-17(4-5-18(15)22-3)20-8-6-16(7-9-20)21-12-10-19(2)11-13-21/h4-5,14,16H,6-13H2,1-3H3. The van der Waals surface area contributed by atoms with E-state index in [4.69, 9.17) is 4.74 Å². The second-order valence-electron chi connectivity index (χ2n) is 6.71. The fourth-order valence-electron chi connectivity index (χ4n) is 3.74. The molecule has 2 aliphatic heterocycles. The van der Waals surface area contributed by atoms with Gasteiger partial charge >= 0.3 is 0 Å². The Hall–Kier alpha value is -1.26. The van der Waals surface area contributed by atoms with Crippen LogP contribution >= 0.6 is 0 Å². The molecule has 0 N–H and O–H groups in total. The molecular formula is C18H29N3O. The molecule has 0 spiro atoms. The average molecular weight is 303 g/mol. The van der Waals surface area contributed by atoms with Gasteiger partial charge in [0.25, 0.3) is 0 Å². The molecule has 0 aliphatic carbocycles. The number of ether oxygens (including phenoxy) is 1. The van der Waals surface area contributed by atoms with Gasteiger partial charge in [-0.3, -0.25) is 4.90 Å². The highest BCUT2D eigenvalue weighted by atomic mass is 16.5. The van der Waals surface area contributed by atoms with Crippen LogP contribution in [0.5, 0.6) is 5.75 Å². The van der Waals surface area contributed by atoms with Gasteiger partial charge in [0.1, 0.15) is 5.75 Å². The Kier molecular flexibility index (Phi) is 4.89. The summed E-state index contributed by atoms with van der Waals surface area (Å²) in [6.45, 7) is 9.38. The third-order valence-corrected chi connectivity index (χ3v) is 5.26. The van der Waals surface area contributed by atoms with Crippen molar-refractivity contribution in [1.29, 1.82) is 0 Å². The van der Waals surface area contributed by atoms with Crippen molar-refractivity contribution in [3.05, 3.63) is 23.8 Å². The van der Waals surface area contributed by atoms with E-state index in [1.165, 1.54) is 63.4 Å². The van der Waals surface area contributed by atoms with E-state index in [1.54, 1.807) is 7.11 Å². The van der Waals surface area contributed by atoms with Gasteiger partial charge in [-0.1, -0.05) is 0 Å². The SMILES string of the molecule is COc1ccc(N2CCC(N3CCN(C)CC3)CC2)cc1C. The van der Waals surface area contributed by atoms with Gasteiger partial charge in [0.15, 0.2) is 0 Å². The molecule has 0 atom stereocenters. The van der Waals surface area contributed by atoms with E-state index in [9.17, 15) is 0 Å². The third kappa shape index (κ3) is 3.39. The number of rotatable bonds is 3. The van der Waals surface area contributed by atoms with Crippen molar-refractivity contribution in [3.63, 3.8) is 0 Å². The maximum atomic E-state index is 5.36. The minimum Gasteiger partial charge on any atom is -0.496 e. The summed E-state index contributed by atoms with van der Waals surface area (Å²) in [4.78, 5) is 7.67. The molecule has 1 aromatic carbocycles. The molecule has 22 heavy (non-hydrogen) atoms. The van der Waals surface area contributed by atoms with E-state index in [1.807, 2.05) is 0 Å². The predicted molar refractivity (Wildman–Crippen MR) is 92.0 cm³/mol. The number of hydrogen-bond donors (Lipinski definition) is 0. The Balaban J connectivity index is 1.56. The molecule has 3 rings (SSSR count). The number of anilines is 1. The molecule has 0 aromatic heterocycles. The van der Waals surface area contributed by atoms with Gasteiger partial charge in [0.2, 0.25) is 0 Å². The Bertz CT molecular complexity index is 489. The highest BCUT2D eigenvalue weighted by Gasteiger charge is 2.26. The monoisotopic (exact) mass is 303 g/mol. The normalized spacial score (nSPS) is 22.0. The number of piperazine rings is 1. The van der Waals surface area contributed by atoms with Crippen LogP contribution in [0.2, 0.25) is 0 Å². The number of aryl methyl sites for hydroxylation is 1. The van der Waals surface area contributed by atoms with E-state index in [-0.39, 0.29) is 0 Å². The Morgan fingerprint density at radius 3 is 2.27 bits per heavy atom. The number of nitrogens with zero attached hydrogens (tertiary/aromatic N) is 3. The molecule has 1 aromatic rings. The minimum absolute atomic E-state index is 0.782. The van der Waals surface area contributed by atoms with Crippen LogP contribution in [-0.4, -0.2) is 69.3 Å². The maximum Gasteiger partial charge on any atom is 0.121 e. The molecule has 0 radical (unpaired) electrons. The Labute approximate surface area is 134 Å². The first-order valence-corrected chi connectivity index (χ1v) is 8.49. The van der Waals surface area contributed by atoms with Gasteiger partial charge in [-0.15, -0.1) is 0 Å². The smallest absolute Gasteiger partial charge is 0.121 e. The van der Waals surface area contributed by atoms with E-state index in [0.717, 1.165) is 11.8 Å². The number of benzene rings is 1. The van der Waals surface area contributed by atoms with Gasteiger partial charge in [-0.25, -0.2) is 0 Å². The zero-order chi connectivity index (χ0) is 15.5. The van der Waals surface area contributed by atoms with Crippen LogP contribution in [0.15, 0.2) is 18.2 Å². The quantitative estimate of drug-likeness (QED) is 0.852. The number of hydrogen-bond acceptors (Lipinski definition) is 4. The van der Waals surface area contributed by atoms with E-state index >= 15 is 0 Å². The van der Waals surface area contributed by atoms with Gasteiger partial charge in [0, 0.05) is 51.0 Å². The van der Waals surface area contributed by atoms with Gasteiger partial charge in [-0.05, 0) is 50.6 Å². The molecule has 4 heteroatoms. The third-order valence-electron chi connectivity index (χ3n) is 5.26. The molecule has 2 aliphatic rings. The largest absolute Gasteiger partial charge is 0.496 e. The second-order valence-corrected chi connectivity index (χ2v) is 6.71. The van der Waals surface area contributed by atoms with Gasteiger partial charge in [0.05, 0.1) is 7.11 Å². The maximum absolute atomic E-state index is 5.36. The molecule has 2 fully saturated rings. The molecule has 2 saturated heterocycles. The summed E-state index contributed by atoms with van der Waals surface area (Å²) < 4.78 is 5.36. The van der Waals surface area contributed by atoms with E-state index < -0.39 is 0 Å².